The molecule has 1 N–H and O–H groups in total. The van der Waals surface area contributed by atoms with Crippen LogP contribution in [-0.4, -0.2) is 50.3 Å². The molecule has 0 bridgehead atoms. The standard InChI is InChI=1S/C20H22N2O4/c1-23-18-6-17(15-2-3-16-10-21-22-20(16)8-15)7-19(9-18)26-13-14-11-24-4-5-25-12-14/h2-3,6-10,14H,4-5,11-13H2,1H3,(H,21,22). The van der Waals surface area contributed by atoms with Crippen LogP contribution in [0.5, 0.6) is 11.5 Å². The third-order valence-electron chi connectivity index (χ3n) is 4.46. The maximum absolute atomic E-state index is 6.02. The summed E-state index contributed by atoms with van der Waals surface area (Å²) < 4.78 is 22.5. The van der Waals surface area contributed by atoms with Crippen LogP contribution in [0.2, 0.25) is 0 Å². The maximum Gasteiger partial charge on any atom is 0.123 e. The summed E-state index contributed by atoms with van der Waals surface area (Å²) in [5.74, 6) is 1.76. The number of fused-ring (bicyclic) bond motifs is 1. The lowest BCUT2D eigenvalue weighted by molar-refractivity contribution is 0.101. The first-order valence-electron chi connectivity index (χ1n) is 8.73. The van der Waals surface area contributed by atoms with Gasteiger partial charge >= 0.3 is 0 Å². The normalized spacial score (nSPS) is 15.7. The Bertz CT molecular complexity index is 869. The Hall–Kier alpha value is -2.57. The molecule has 1 saturated heterocycles. The zero-order valence-electron chi connectivity index (χ0n) is 14.7. The molecule has 136 valence electrons. The lowest BCUT2D eigenvalue weighted by Crippen LogP contribution is -2.20. The van der Waals surface area contributed by atoms with E-state index in [0.717, 1.165) is 33.5 Å². The Morgan fingerprint density at radius 1 is 1.04 bits per heavy atom. The summed E-state index contributed by atoms with van der Waals surface area (Å²) in [6, 6.07) is 12.1. The molecule has 0 amide bonds. The van der Waals surface area contributed by atoms with Crippen LogP contribution in [0.25, 0.3) is 22.0 Å². The van der Waals surface area contributed by atoms with Crippen molar-refractivity contribution < 1.29 is 18.9 Å². The highest BCUT2D eigenvalue weighted by Gasteiger charge is 2.15. The molecule has 0 saturated carbocycles. The van der Waals surface area contributed by atoms with E-state index >= 15 is 0 Å². The first-order valence-corrected chi connectivity index (χ1v) is 8.73. The number of methoxy groups -OCH3 is 1. The first kappa shape index (κ1) is 16.9. The molecule has 0 atom stereocenters. The monoisotopic (exact) mass is 354 g/mol. The molecule has 1 fully saturated rings. The Labute approximate surface area is 152 Å². The molecule has 1 aliphatic heterocycles. The van der Waals surface area contributed by atoms with Gasteiger partial charge in [0.1, 0.15) is 11.5 Å². The van der Waals surface area contributed by atoms with E-state index in [0.29, 0.717) is 33.0 Å². The highest BCUT2D eigenvalue weighted by atomic mass is 16.5. The molecule has 2 aromatic carbocycles. The molecule has 1 aliphatic rings. The minimum absolute atomic E-state index is 0.230. The highest BCUT2D eigenvalue weighted by Crippen LogP contribution is 2.31. The van der Waals surface area contributed by atoms with Gasteiger partial charge in [-0.25, -0.2) is 0 Å². The maximum atomic E-state index is 6.02. The first-order chi connectivity index (χ1) is 12.8. The van der Waals surface area contributed by atoms with Crippen LogP contribution >= 0.6 is 0 Å². The third kappa shape index (κ3) is 3.81. The zero-order valence-corrected chi connectivity index (χ0v) is 14.7. The second kappa shape index (κ2) is 7.76. The van der Waals surface area contributed by atoms with Gasteiger partial charge in [-0.05, 0) is 29.3 Å². The molecule has 0 aliphatic carbocycles. The predicted octanol–water partition coefficient (Wildman–Crippen LogP) is 3.28. The van der Waals surface area contributed by atoms with Gasteiger partial charge in [-0.15, -0.1) is 0 Å². The summed E-state index contributed by atoms with van der Waals surface area (Å²) in [4.78, 5) is 0. The molecule has 0 spiro atoms. The van der Waals surface area contributed by atoms with Gasteiger partial charge in [0.05, 0.1) is 51.9 Å². The number of H-pyrrole nitrogens is 1. The van der Waals surface area contributed by atoms with Crippen molar-refractivity contribution in [2.45, 2.75) is 0 Å². The number of nitrogens with one attached hydrogen (secondary N) is 1. The van der Waals surface area contributed by atoms with Crippen LogP contribution < -0.4 is 9.47 Å². The fraction of sp³-hybridized carbons (Fsp3) is 0.350. The molecule has 2 heterocycles. The van der Waals surface area contributed by atoms with E-state index in [1.165, 1.54) is 0 Å². The minimum atomic E-state index is 0.230. The van der Waals surface area contributed by atoms with Crippen molar-refractivity contribution in [3.63, 3.8) is 0 Å². The van der Waals surface area contributed by atoms with Gasteiger partial charge in [-0.3, -0.25) is 5.10 Å². The molecular weight excluding hydrogens is 332 g/mol. The fourth-order valence-electron chi connectivity index (χ4n) is 3.03. The van der Waals surface area contributed by atoms with Gasteiger partial charge in [0.25, 0.3) is 0 Å². The summed E-state index contributed by atoms with van der Waals surface area (Å²) in [6.07, 6.45) is 1.82. The Morgan fingerprint density at radius 2 is 1.85 bits per heavy atom. The summed E-state index contributed by atoms with van der Waals surface area (Å²) in [5, 5.41) is 8.17. The molecule has 26 heavy (non-hydrogen) atoms. The van der Waals surface area contributed by atoms with Gasteiger partial charge in [-0.1, -0.05) is 12.1 Å². The third-order valence-corrected chi connectivity index (χ3v) is 4.46. The van der Waals surface area contributed by atoms with Crippen molar-refractivity contribution in [2.75, 3.05) is 40.1 Å². The molecule has 3 aromatic rings. The number of hydrogen-bond acceptors (Lipinski definition) is 5. The van der Waals surface area contributed by atoms with Gasteiger partial charge in [-0.2, -0.15) is 5.10 Å². The van der Waals surface area contributed by atoms with Gasteiger partial charge in [0.15, 0.2) is 0 Å². The number of hydrogen-bond donors (Lipinski definition) is 1. The van der Waals surface area contributed by atoms with Crippen molar-refractivity contribution >= 4 is 10.9 Å². The molecule has 0 unspecified atom stereocenters. The number of aromatic nitrogens is 2. The van der Waals surface area contributed by atoms with E-state index in [-0.39, 0.29) is 5.92 Å². The average Bonchev–Trinajstić information content (AvgIpc) is 3.00. The molecular formula is C20H22N2O4. The van der Waals surface area contributed by atoms with Gasteiger partial charge < -0.3 is 18.9 Å². The molecule has 0 radical (unpaired) electrons. The number of ether oxygens (including phenoxy) is 4. The molecule has 1 aromatic heterocycles. The summed E-state index contributed by atoms with van der Waals surface area (Å²) in [5.41, 5.74) is 3.11. The van der Waals surface area contributed by atoms with E-state index in [9.17, 15) is 0 Å². The number of rotatable bonds is 5. The fourth-order valence-corrected chi connectivity index (χ4v) is 3.03. The lowest BCUT2D eigenvalue weighted by atomic mass is 10.0. The number of nitrogens with zero attached hydrogens (tertiary/aromatic N) is 1. The van der Waals surface area contributed by atoms with E-state index in [1.54, 1.807) is 7.11 Å². The van der Waals surface area contributed by atoms with E-state index in [2.05, 4.69) is 22.3 Å². The van der Waals surface area contributed by atoms with Crippen LogP contribution in [0.15, 0.2) is 42.6 Å². The van der Waals surface area contributed by atoms with Gasteiger partial charge in [0.2, 0.25) is 0 Å². The van der Waals surface area contributed by atoms with E-state index < -0.39 is 0 Å². The lowest BCUT2D eigenvalue weighted by Gasteiger charge is -2.16. The van der Waals surface area contributed by atoms with Crippen LogP contribution in [-0.2, 0) is 9.47 Å². The summed E-state index contributed by atoms with van der Waals surface area (Å²) in [6.45, 7) is 3.17. The topological polar surface area (TPSA) is 65.6 Å². The van der Waals surface area contributed by atoms with Crippen molar-refractivity contribution in [1.29, 1.82) is 0 Å². The average molecular weight is 354 g/mol. The van der Waals surface area contributed by atoms with Gasteiger partial charge in [0, 0.05) is 17.4 Å². The molecule has 4 rings (SSSR count). The largest absolute Gasteiger partial charge is 0.497 e. The molecule has 6 nitrogen and oxygen atoms in total. The molecule has 6 heteroatoms. The van der Waals surface area contributed by atoms with Crippen LogP contribution in [0, 0.1) is 5.92 Å². The van der Waals surface area contributed by atoms with Crippen molar-refractivity contribution in [1.82, 2.24) is 10.2 Å². The quantitative estimate of drug-likeness (QED) is 0.762. The van der Waals surface area contributed by atoms with Crippen LogP contribution in [0.4, 0.5) is 0 Å². The summed E-state index contributed by atoms with van der Waals surface area (Å²) in [7, 11) is 1.66. The highest BCUT2D eigenvalue weighted by molar-refractivity contribution is 5.84. The second-order valence-corrected chi connectivity index (χ2v) is 6.40. The SMILES string of the molecule is COc1cc(OCC2COCCOC2)cc(-c2ccc3cn[nH]c3c2)c1. The van der Waals surface area contributed by atoms with Crippen molar-refractivity contribution in [3.8, 4) is 22.6 Å². The van der Waals surface area contributed by atoms with Crippen LogP contribution in [0.3, 0.4) is 0 Å². The second-order valence-electron chi connectivity index (χ2n) is 6.40. The van der Waals surface area contributed by atoms with Crippen molar-refractivity contribution in [2.24, 2.45) is 5.92 Å². The Kier molecular flexibility index (Phi) is 5.04. The Morgan fingerprint density at radius 3 is 2.65 bits per heavy atom. The number of benzene rings is 2. The predicted molar refractivity (Wildman–Crippen MR) is 98.7 cm³/mol. The van der Waals surface area contributed by atoms with E-state index in [1.807, 2.05) is 30.5 Å². The summed E-state index contributed by atoms with van der Waals surface area (Å²) >= 11 is 0. The zero-order chi connectivity index (χ0) is 17.8. The smallest absolute Gasteiger partial charge is 0.123 e. The number of aromatic amines is 1. The van der Waals surface area contributed by atoms with Crippen molar-refractivity contribution in [3.05, 3.63) is 42.6 Å². The van der Waals surface area contributed by atoms with E-state index in [4.69, 9.17) is 18.9 Å². The Balaban J connectivity index is 1.56. The van der Waals surface area contributed by atoms with Crippen LogP contribution in [0.1, 0.15) is 0 Å². The minimum Gasteiger partial charge on any atom is -0.497 e.